The van der Waals surface area contributed by atoms with Gasteiger partial charge < -0.3 is 9.47 Å². The smallest absolute Gasteiger partial charge is 0.427 e. The zero-order chi connectivity index (χ0) is 14.4. The monoisotopic (exact) mass is 306 g/mol. The SMILES string of the molecule is CC1=CCSC(OC(=O)OC23CC4CC(CC(C4)C2)C3)=C1. The molecule has 0 radical (unpaired) electrons. The van der Waals surface area contributed by atoms with Crippen molar-refractivity contribution in [3.8, 4) is 0 Å². The number of hydrogen-bond acceptors (Lipinski definition) is 4. The van der Waals surface area contributed by atoms with E-state index in [-0.39, 0.29) is 5.60 Å². The molecule has 4 bridgehead atoms. The number of carbonyl (C=O) groups excluding carboxylic acids is 1. The minimum absolute atomic E-state index is 0.212. The maximum atomic E-state index is 12.2. The molecule has 0 spiro atoms. The Morgan fingerprint density at radius 2 is 1.81 bits per heavy atom. The summed E-state index contributed by atoms with van der Waals surface area (Å²) in [6, 6.07) is 0. The fraction of sp³-hybridized carbons (Fsp3) is 0.706. The third-order valence-corrected chi connectivity index (χ3v) is 6.26. The first-order chi connectivity index (χ1) is 10.1. The van der Waals surface area contributed by atoms with Crippen LogP contribution in [-0.4, -0.2) is 17.5 Å². The molecule has 4 heteroatoms. The van der Waals surface area contributed by atoms with Crippen molar-refractivity contribution in [3.05, 3.63) is 22.8 Å². The average molecular weight is 306 g/mol. The maximum absolute atomic E-state index is 12.2. The lowest BCUT2D eigenvalue weighted by molar-refractivity contribution is -0.138. The van der Waals surface area contributed by atoms with Crippen molar-refractivity contribution in [1.82, 2.24) is 0 Å². The van der Waals surface area contributed by atoms with E-state index in [4.69, 9.17) is 9.47 Å². The summed E-state index contributed by atoms with van der Waals surface area (Å²) in [5, 5.41) is 0.671. The largest absolute Gasteiger partial charge is 0.514 e. The lowest BCUT2D eigenvalue weighted by atomic mass is 9.54. The Bertz CT molecular complexity index is 485. The quantitative estimate of drug-likeness (QED) is 0.696. The first kappa shape index (κ1) is 13.7. The van der Waals surface area contributed by atoms with Gasteiger partial charge >= 0.3 is 6.16 Å². The summed E-state index contributed by atoms with van der Waals surface area (Å²) in [5.74, 6) is 3.19. The molecule has 0 aromatic rings. The minimum atomic E-state index is -0.495. The van der Waals surface area contributed by atoms with Crippen molar-refractivity contribution in [1.29, 1.82) is 0 Å². The van der Waals surface area contributed by atoms with E-state index in [1.54, 1.807) is 11.8 Å². The van der Waals surface area contributed by atoms with Crippen LogP contribution in [0.25, 0.3) is 0 Å². The lowest BCUT2D eigenvalue weighted by Crippen LogP contribution is -2.52. The van der Waals surface area contributed by atoms with E-state index in [1.807, 2.05) is 13.0 Å². The second-order valence-corrected chi connectivity index (χ2v) is 8.30. The molecule has 4 aliphatic carbocycles. The van der Waals surface area contributed by atoms with E-state index >= 15 is 0 Å². The third kappa shape index (κ3) is 2.75. The summed E-state index contributed by atoms with van der Waals surface area (Å²) < 4.78 is 11.3. The highest BCUT2D eigenvalue weighted by Gasteiger charge is 2.53. The average Bonchev–Trinajstić information content (AvgIpc) is 2.35. The van der Waals surface area contributed by atoms with Gasteiger partial charge in [-0.25, -0.2) is 4.79 Å². The molecule has 3 nitrogen and oxygen atoms in total. The molecular weight excluding hydrogens is 284 g/mol. The van der Waals surface area contributed by atoms with Crippen molar-refractivity contribution in [2.24, 2.45) is 17.8 Å². The Hall–Kier alpha value is -0.900. The molecule has 114 valence electrons. The summed E-state index contributed by atoms with van der Waals surface area (Å²) in [6.07, 6.45) is 10.8. The van der Waals surface area contributed by atoms with Crippen LogP contribution in [0.15, 0.2) is 22.8 Å². The van der Waals surface area contributed by atoms with Gasteiger partial charge in [-0.2, -0.15) is 0 Å². The van der Waals surface area contributed by atoms with E-state index < -0.39 is 6.16 Å². The van der Waals surface area contributed by atoms with Crippen LogP contribution in [0.1, 0.15) is 45.4 Å². The number of hydrogen-bond donors (Lipinski definition) is 0. The fourth-order valence-corrected chi connectivity index (χ4v) is 5.94. The van der Waals surface area contributed by atoms with Gasteiger partial charge in [0.05, 0.1) is 0 Å². The van der Waals surface area contributed by atoms with Crippen molar-refractivity contribution < 1.29 is 14.3 Å². The molecule has 4 fully saturated rings. The van der Waals surface area contributed by atoms with Crippen LogP contribution in [0, 0.1) is 17.8 Å². The molecule has 0 unspecified atom stereocenters. The van der Waals surface area contributed by atoms with Gasteiger partial charge in [-0.05, 0) is 69.3 Å². The zero-order valence-electron chi connectivity index (χ0n) is 12.5. The van der Waals surface area contributed by atoms with Crippen LogP contribution in [0.3, 0.4) is 0 Å². The summed E-state index contributed by atoms with van der Waals surface area (Å²) in [5.41, 5.74) is 0.933. The highest BCUT2D eigenvalue weighted by atomic mass is 32.2. The van der Waals surface area contributed by atoms with Gasteiger partial charge in [0, 0.05) is 5.75 Å². The Morgan fingerprint density at radius 1 is 1.19 bits per heavy atom. The maximum Gasteiger partial charge on any atom is 0.514 e. The van der Waals surface area contributed by atoms with E-state index in [0.717, 1.165) is 48.3 Å². The predicted molar refractivity (Wildman–Crippen MR) is 82.8 cm³/mol. The molecular formula is C17H22O3S. The van der Waals surface area contributed by atoms with Crippen LogP contribution in [0.5, 0.6) is 0 Å². The van der Waals surface area contributed by atoms with Gasteiger partial charge in [-0.3, -0.25) is 0 Å². The summed E-state index contributed by atoms with van der Waals surface area (Å²) in [7, 11) is 0. The van der Waals surface area contributed by atoms with Crippen molar-refractivity contribution in [2.75, 3.05) is 5.75 Å². The first-order valence-corrected chi connectivity index (χ1v) is 9.01. The normalized spacial score (nSPS) is 40.5. The molecule has 0 aromatic heterocycles. The number of carbonyl (C=O) groups is 1. The number of ether oxygens (including phenoxy) is 2. The molecule has 0 saturated heterocycles. The highest BCUT2D eigenvalue weighted by Crippen LogP contribution is 2.57. The molecule has 0 aromatic carbocycles. The molecule has 5 aliphatic rings. The summed E-state index contributed by atoms with van der Waals surface area (Å²) in [4.78, 5) is 12.2. The van der Waals surface area contributed by atoms with Gasteiger partial charge in [-0.1, -0.05) is 23.4 Å². The standard InChI is InChI=1S/C17H22O3S/c1-11-2-3-21-15(4-11)19-16(18)20-17-8-12-5-13(9-17)7-14(6-12)10-17/h2,4,12-14H,3,5-10H2,1H3. The lowest BCUT2D eigenvalue weighted by Gasteiger charge is -2.55. The highest BCUT2D eigenvalue weighted by molar-refractivity contribution is 8.03. The molecule has 1 aliphatic heterocycles. The second-order valence-electron chi connectivity index (χ2n) is 7.28. The Morgan fingerprint density at radius 3 is 2.38 bits per heavy atom. The molecule has 0 atom stereocenters. The summed E-state index contributed by atoms with van der Waals surface area (Å²) >= 11 is 1.55. The topological polar surface area (TPSA) is 35.5 Å². The van der Waals surface area contributed by atoms with Crippen molar-refractivity contribution in [2.45, 2.75) is 51.0 Å². The molecule has 21 heavy (non-hydrogen) atoms. The van der Waals surface area contributed by atoms with E-state index in [9.17, 15) is 4.79 Å². The van der Waals surface area contributed by atoms with Gasteiger partial charge in [-0.15, -0.1) is 0 Å². The second kappa shape index (κ2) is 5.08. The molecule has 0 N–H and O–H groups in total. The molecule has 0 amide bonds. The Labute approximate surface area is 130 Å². The molecule has 1 heterocycles. The van der Waals surface area contributed by atoms with Crippen molar-refractivity contribution >= 4 is 17.9 Å². The zero-order valence-corrected chi connectivity index (χ0v) is 13.3. The molecule has 5 rings (SSSR count). The Balaban J connectivity index is 1.42. The first-order valence-electron chi connectivity index (χ1n) is 8.02. The van der Waals surface area contributed by atoms with Crippen LogP contribution in [0.4, 0.5) is 4.79 Å². The van der Waals surface area contributed by atoms with Crippen LogP contribution < -0.4 is 0 Å². The van der Waals surface area contributed by atoms with E-state index in [1.165, 1.54) is 19.3 Å². The third-order valence-electron chi connectivity index (χ3n) is 5.44. The van der Waals surface area contributed by atoms with Gasteiger partial charge in [0.1, 0.15) is 5.60 Å². The number of allylic oxidation sites excluding steroid dienone is 2. The van der Waals surface area contributed by atoms with Crippen LogP contribution in [-0.2, 0) is 9.47 Å². The minimum Gasteiger partial charge on any atom is -0.427 e. The van der Waals surface area contributed by atoms with Crippen molar-refractivity contribution in [3.63, 3.8) is 0 Å². The fourth-order valence-electron chi connectivity index (χ4n) is 5.04. The number of rotatable bonds is 2. The van der Waals surface area contributed by atoms with Gasteiger partial charge in [0.2, 0.25) is 0 Å². The Kier molecular flexibility index (Phi) is 3.32. The van der Waals surface area contributed by atoms with Crippen LogP contribution >= 0.6 is 11.8 Å². The predicted octanol–water partition coefficient (Wildman–Crippen LogP) is 4.64. The number of thioether (sulfide) groups is 1. The van der Waals surface area contributed by atoms with Gasteiger partial charge in [0.15, 0.2) is 5.09 Å². The summed E-state index contributed by atoms with van der Waals surface area (Å²) in [6.45, 7) is 2.02. The van der Waals surface area contributed by atoms with Gasteiger partial charge in [0.25, 0.3) is 0 Å². The van der Waals surface area contributed by atoms with E-state index in [0.29, 0.717) is 5.09 Å². The van der Waals surface area contributed by atoms with Crippen LogP contribution in [0.2, 0.25) is 0 Å². The molecule has 4 saturated carbocycles. The van der Waals surface area contributed by atoms with E-state index in [2.05, 4.69) is 6.08 Å².